The highest BCUT2D eigenvalue weighted by molar-refractivity contribution is 6.32. The number of aryl methyl sites for hydroxylation is 1. The summed E-state index contributed by atoms with van der Waals surface area (Å²) in [5.74, 6) is -0.0563. The third-order valence-corrected chi connectivity index (χ3v) is 2.74. The van der Waals surface area contributed by atoms with Gasteiger partial charge in [-0.2, -0.15) is 0 Å². The smallest absolute Gasteiger partial charge is 0.220 e. The summed E-state index contributed by atoms with van der Waals surface area (Å²) in [6, 6.07) is 6.87. The van der Waals surface area contributed by atoms with Gasteiger partial charge in [-0.05, 0) is 31.2 Å². The van der Waals surface area contributed by atoms with Crippen molar-refractivity contribution >= 4 is 17.4 Å². The summed E-state index contributed by atoms with van der Waals surface area (Å²) in [5, 5.41) is 11.7. The Hall–Kier alpha value is -2.34. The minimum atomic E-state index is -0.461. The van der Waals surface area contributed by atoms with Gasteiger partial charge in [0, 0.05) is 17.3 Å². The van der Waals surface area contributed by atoms with Crippen molar-refractivity contribution in [3.8, 4) is 11.6 Å². The van der Waals surface area contributed by atoms with Crippen LogP contribution in [0.25, 0.3) is 0 Å². The van der Waals surface area contributed by atoms with Crippen LogP contribution < -0.4 is 10.5 Å². The lowest BCUT2D eigenvalue weighted by atomic mass is 10.2. The summed E-state index contributed by atoms with van der Waals surface area (Å²) in [6.45, 7) is 1.73. The van der Waals surface area contributed by atoms with Crippen LogP contribution in [0.5, 0.6) is 11.6 Å². The number of nitrogens with zero attached hydrogens (tertiary/aromatic N) is 2. The molecule has 0 aliphatic heterocycles. The Morgan fingerprint density at radius 3 is 2.80 bits per heavy atom. The fraction of sp³-hybridized carbons (Fsp3) is 0.0769. The monoisotopic (exact) mass is 295 g/mol. The lowest BCUT2D eigenvalue weighted by molar-refractivity contribution is 0.318. The highest BCUT2D eigenvalue weighted by Crippen LogP contribution is 2.29. The Balaban J connectivity index is 2.36. The molecule has 0 saturated carbocycles. The van der Waals surface area contributed by atoms with E-state index in [1.165, 1.54) is 18.2 Å². The average Bonchev–Trinajstić information content (AvgIpc) is 2.40. The number of aromatic nitrogens is 1. The molecule has 0 atom stereocenters. The molecule has 0 aliphatic carbocycles. The Morgan fingerprint density at radius 1 is 1.40 bits per heavy atom. The molecule has 1 heterocycles. The van der Waals surface area contributed by atoms with E-state index in [9.17, 15) is 4.39 Å². The first kappa shape index (κ1) is 14.1. The standard InChI is InChI=1S/C13H11ClFN3O2/c1-7-4-8(13(16)18-19)5-12(17-7)20-11-3-2-9(15)6-10(11)14/h2-6,19H,1H3,(H2,16,18). The summed E-state index contributed by atoms with van der Waals surface area (Å²) in [6.07, 6.45) is 0. The lowest BCUT2D eigenvalue weighted by Crippen LogP contribution is -2.13. The minimum absolute atomic E-state index is 0.0643. The first-order valence-corrected chi connectivity index (χ1v) is 5.97. The summed E-state index contributed by atoms with van der Waals surface area (Å²) in [4.78, 5) is 4.14. The molecule has 0 aliphatic rings. The normalized spacial score (nSPS) is 11.4. The third-order valence-electron chi connectivity index (χ3n) is 2.44. The van der Waals surface area contributed by atoms with Gasteiger partial charge in [0.2, 0.25) is 5.88 Å². The Morgan fingerprint density at radius 2 is 2.15 bits per heavy atom. The van der Waals surface area contributed by atoms with Crippen molar-refractivity contribution in [2.24, 2.45) is 10.9 Å². The second kappa shape index (κ2) is 5.75. The van der Waals surface area contributed by atoms with Crippen LogP contribution in [0.4, 0.5) is 4.39 Å². The molecular formula is C13H11ClFN3O2. The van der Waals surface area contributed by atoms with Gasteiger partial charge in [-0.25, -0.2) is 9.37 Å². The largest absolute Gasteiger partial charge is 0.437 e. The van der Waals surface area contributed by atoms with Crippen LogP contribution in [-0.4, -0.2) is 16.0 Å². The van der Waals surface area contributed by atoms with Gasteiger partial charge in [0.1, 0.15) is 11.6 Å². The second-order valence-corrected chi connectivity index (χ2v) is 4.40. The number of amidine groups is 1. The van der Waals surface area contributed by atoms with E-state index in [2.05, 4.69) is 10.1 Å². The highest BCUT2D eigenvalue weighted by Gasteiger charge is 2.09. The fourth-order valence-corrected chi connectivity index (χ4v) is 1.77. The average molecular weight is 296 g/mol. The fourth-order valence-electron chi connectivity index (χ4n) is 1.57. The molecule has 0 amide bonds. The SMILES string of the molecule is Cc1cc(/C(N)=N/O)cc(Oc2ccc(F)cc2Cl)n1. The minimum Gasteiger partial charge on any atom is -0.437 e. The molecule has 104 valence electrons. The highest BCUT2D eigenvalue weighted by atomic mass is 35.5. The molecule has 0 radical (unpaired) electrons. The van der Waals surface area contributed by atoms with Crippen LogP contribution in [0.2, 0.25) is 5.02 Å². The van der Waals surface area contributed by atoms with Crippen molar-refractivity contribution in [1.29, 1.82) is 0 Å². The van der Waals surface area contributed by atoms with Gasteiger partial charge >= 0.3 is 0 Å². The first-order chi connectivity index (χ1) is 9.49. The summed E-state index contributed by atoms with van der Waals surface area (Å²) >= 11 is 5.87. The number of halogens is 2. The van der Waals surface area contributed by atoms with Crippen LogP contribution in [0, 0.1) is 12.7 Å². The van der Waals surface area contributed by atoms with Gasteiger partial charge in [-0.3, -0.25) is 0 Å². The van der Waals surface area contributed by atoms with Crippen LogP contribution >= 0.6 is 11.6 Å². The Bertz CT molecular complexity index is 677. The van der Waals surface area contributed by atoms with Crippen LogP contribution in [0.1, 0.15) is 11.3 Å². The predicted octanol–water partition coefficient (Wildman–Crippen LogP) is 3.07. The second-order valence-electron chi connectivity index (χ2n) is 4.00. The zero-order valence-corrected chi connectivity index (χ0v) is 11.2. The lowest BCUT2D eigenvalue weighted by Gasteiger charge is -2.09. The molecule has 0 unspecified atom stereocenters. The maximum atomic E-state index is 13.0. The molecule has 3 N–H and O–H groups in total. The molecule has 2 rings (SSSR count). The molecule has 0 spiro atoms. The molecule has 5 nitrogen and oxygen atoms in total. The molecule has 7 heteroatoms. The zero-order valence-electron chi connectivity index (χ0n) is 10.5. The zero-order chi connectivity index (χ0) is 14.7. The van der Waals surface area contributed by atoms with Gasteiger partial charge in [-0.1, -0.05) is 16.8 Å². The summed E-state index contributed by atoms with van der Waals surface area (Å²) < 4.78 is 18.4. The molecule has 2 aromatic rings. The number of hydrogen-bond donors (Lipinski definition) is 2. The molecule has 20 heavy (non-hydrogen) atoms. The molecule has 0 saturated heterocycles. The number of nitrogens with two attached hydrogens (primary N) is 1. The summed E-state index contributed by atoms with van der Waals surface area (Å²) in [7, 11) is 0. The van der Waals surface area contributed by atoms with Crippen molar-refractivity contribution in [1.82, 2.24) is 4.98 Å². The van der Waals surface area contributed by atoms with Gasteiger partial charge in [0.25, 0.3) is 0 Å². The van der Waals surface area contributed by atoms with E-state index in [4.69, 9.17) is 27.3 Å². The van der Waals surface area contributed by atoms with E-state index in [1.54, 1.807) is 13.0 Å². The van der Waals surface area contributed by atoms with Crippen molar-refractivity contribution in [2.45, 2.75) is 6.92 Å². The molecular weight excluding hydrogens is 285 g/mol. The quantitative estimate of drug-likeness (QED) is 0.395. The van der Waals surface area contributed by atoms with Gasteiger partial charge < -0.3 is 15.7 Å². The number of hydrogen-bond acceptors (Lipinski definition) is 4. The summed E-state index contributed by atoms with van der Waals surface area (Å²) in [5.41, 5.74) is 6.58. The van der Waals surface area contributed by atoms with Crippen molar-refractivity contribution < 1.29 is 14.3 Å². The van der Waals surface area contributed by atoms with Crippen LogP contribution in [-0.2, 0) is 0 Å². The van der Waals surface area contributed by atoms with E-state index in [0.717, 1.165) is 6.07 Å². The van der Waals surface area contributed by atoms with Gasteiger partial charge in [-0.15, -0.1) is 0 Å². The molecule has 0 bridgehead atoms. The topological polar surface area (TPSA) is 80.7 Å². The number of pyridine rings is 1. The van der Waals surface area contributed by atoms with E-state index >= 15 is 0 Å². The van der Waals surface area contributed by atoms with Crippen molar-refractivity contribution in [2.75, 3.05) is 0 Å². The van der Waals surface area contributed by atoms with Crippen LogP contribution in [0.3, 0.4) is 0 Å². The maximum Gasteiger partial charge on any atom is 0.220 e. The van der Waals surface area contributed by atoms with Gasteiger partial charge in [0.15, 0.2) is 5.84 Å². The third kappa shape index (κ3) is 3.16. The number of ether oxygens (including phenoxy) is 1. The number of benzene rings is 1. The Kier molecular flexibility index (Phi) is 4.05. The van der Waals surface area contributed by atoms with E-state index in [0.29, 0.717) is 11.3 Å². The van der Waals surface area contributed by atoms with Crippen molar-refractivity contribution in [3.63, 3.8) is 0 Å². The first-order valence-electron chi connectivity index (χ1n) is 5.59. The Labute approximate surface area is 119 Å². The van der Waals surface area contributed by atoms with E-state index in [-0.39, 0.29) is 22.5 Å². The molecule has 1 aromatic heterocycles. The number of rotatable bonds is 3. The maximum absolute atomic E-state index is 13.0. The number of oxime groups is 1. The van der Waals surface area contributed by atoms with Gasteiger partial charge in [0.05, 0.1) is 5.02 Å². The molecule has 0 fully saturated rings. The van der Waals surface area contributed by atoms with Crippen molar-refractivity contribution in [3.05, 3.63) is 52.4 Å². The van der Waals surface area contributed by atoms with E-state index in [1.807, 2.05) is 0 Å². The molecule has 1 aromatic carbocycles. The van der Waals surface area contributed by atoms with E-state index < -0.39 is 5.82 Å². The predicted molar refractivity (Wildman–Crippen MR) is 73.0 cm³/mol. The van der Waals surface area contributed by atoms with Crippen LogP contribution in [0.15, 0.2) is 35.5 Å².